The number of anilines is 1. The van der Waals surface area contributed by atoms with Gasteiger partial charge in [-0.05, 0) is 12.1 Å². The van der Waals surface area contributed by atoms with Crippen molar-refractivity contribution in [2.45, 2.75) is 6.42 Å². The molecular weight excluding hydrogens is 305 g/mol. The van der Waals surface area contributed by atoms with E-state index in [1.165, 1.54) is 0 Å². The summed E-state index contributed by atoms with van der Waals surface area (Å²) in [5, 5.41) is 3.12. The molecule has 2 rings (SSSR count). The monoisotopic (exact) mass is 313 g/mol. The highest BCUT2D eigenvalue weighted by atomic mass is 35.5. The minimum absolute atomic E-state index is 0.180. The van der Waals surface area contributed by atoms with Crippen molar-refractivity contribution in [2.75, 3.05) is 5.32 Å². The van der Waals surface area contributed by atoms with E-state index in [1.807, 2.05) is 4.98 Å². The smallest absolute Gasteiger partial charge is 0.323 e. The van der Waals surface area contributed by atoms with Gasteiger partial charge in [0.2, 0.25) is 5.91 Å². The molecule has 3 N–H and O–H groups in total. The van der Waals surface area contributed by atoms with Gasteiger partial charge >= 0.3 is 5.69 Å². The number of aromatic nitrogens is 2. The lowest BCUT2D eigenvalue weighted by Gasteiger charge is -2.08. The van der Waals surface area contributed by atoms with E-state index in [2.05, 4.69) is 10.3 Å². The van der Waals surface area contributed by atoms with Crippen LogP contribution in [-0.4, -0.2) is 15.9 Å². The van der Waals surface area contributed by atoms with Crippen LogP contribution in [0.15, 0.2) is 33.9 Å². The van der Waals surface area contributed by atoms with Gasteiger partial charge in [-0.1, -0.05) is 29.3 Å². The molecule has 8 heteroatoms. The molecule has 0 aliphatic heterocycles. The summed E-state index contributed by atoms with van der Waals surface area (Å²) < 4.78 is 0. The Balaban J connectivity index is 2.17. The molecular formula is C12H9Cl2N3O3. The molecule has 0 aliphatic rings. The molecule has 0 fully saturated rings. The van der Waals surface area contributed by atoms with E-state index in [-0.39, 0.29) is 17.8 Å². The highest BCUT2D eigenvalue weighted by Crippen LogP contribution is 2.29. The zero-order valence-corrected chi connectivity index (χ0v) is 11.5. The van der Waals surface area contributed by atoms with E-state index in [1.54, 1.807) is 18.2 Å². The van der Waals surface area contributed by atoms with Crippen LogP contribution in [-0.2, 0) is 11.2 Å². The predicted octanol–water partition coefficient (Wildman–Crippen LogP) is 1.55. The minimum atomic E-state index is -0.670. The van der Waals surface area contributed by atoms with E-state index in [0.29, 0.717) is 10.0 Å². The maximum atomic E-state index is 11.8. The Morgan fingerprint density at radius 1 is 1.15 bits per heavy atom. The highest BCUT2D eigenvalue weighted by molar-refractivity contribution is 6.39. The van der Waals surface area contributed by atoms with Crippen molar-refractivity contribution >= 4 is 34.8 Å². The van der Waals surface area contributed by atoms with Gasteiger partial charge in [0.15, 0.2) is 0 Å². The molecule has 0 aliphatic carbocycles. The van der Waals surface area contributed by atoms with Gasteiger partial charge in [-0.3, -0.25) is 14.6 Å². The van der Waals surface area contributed by atoms with E-state index >= 15 is 0 Å². The Morgan fingerprint density at radius 3 is 2.40 bits per heavy atom. The van der Waals surface area contributed by atoms with E-state index in [0.717, 1.165) is 6.07 Å². The van der Waals surface area contributed by atoms with Crippen LogP contribution in [0.5, 0.6) is 0 Å². The van der Waals surface area contributed by atoms with Crippen LogP contribution in [0.1, 0.15) is 5.69 Å². The lowest BCUT2D eigenvalue weighted by Crippen LogP contribution is -2.25. The first kappa shape index (κ1) is 14.4. The Bertz CT molecular complexity index is 719. The lowest BCUT2D eigenvalue weighted by molar-refractivity contribution is -0.115. The molecule has 0 bridgehead atoms. The third-order valence-electron chi connectivity index (χ3n) is 2.39. The second-order valence-electron chi connectivity index (χ2n) is 3.93. The largest absolute Gasteiger partial charge is 0.325 e. The first-order valence-electron chi connectivity index (χ1n) is 5.52. The molecule has 6 nitrogen and oxygen atoms in total. The van der Waals surface area contributed by atoms with Crippen molar-refractivity contribution < 1.29 is 4.79 Å². The van der Waals surface area contributed by atoms with Crippen LogP contribution in [0, 0.1) is 0 Å². The van der Waals surface area contributed by atoms with Crippen molar-refractivity contribution in [1.82, 2.24) is 9.97 Å². The number of benzene rings is 1. The third-order valence-corrected chi connectivity index (χ3v) is 3.02. The maximum Gasteiger partial charge on any atom is 0.325 e. The SMILES string of the molecule is O=C(Cc1cc(=O)[nH]c(=O)[nH]1)Nc1c(Cl)cccc1Cl. The minimum Gasteiger partial charge on any atom is -0.323 e. The number of H-pyrrole nitrogens is 2. The fourth-order valence-corrected chi connectivity index (χ4v) is 2.08. The molecule has 0 saturated carbocycles. The quantitative estimate of drug-likeness (QED) is 0.802. The van der Waals surface area contributed by atoms with Crippen LogP contribution in [0.25, 0.3) is 0 Å². The molecule has 0 atom stereocenters. The summed E-state index contributed by atoms with van der Waals surface area (Å²) in [6.45, 7) is 0. The standard InChI is InChI=1S/C12H9Cl2N3O3/c13-7-2-1-3-8(14)11(7)16-9(18)4-6-5-10(19)17-12(20)15-6/h1-3,5H,4H2,(H,16,18)(H2,15,17,19,20). The van der Waals surface area contributed by atoms with Crippen LogP contribution < -0.4 is 16.6 Å². The van der Waals surface area contributed by atoms with Crippen LogP contribution in [0.3, 0.4) is 0 Å². The fourth-order valence-electron chi connectivity index (χ4n) is 1.59. The first-order chi connectivity index (χ1) is 9.45. The Kier molecular flexibility index (Phi) is 4.26. The second-order valence-corrected chi connectivity index (χ2v) is 4.75. The molecule has 1 heterocycles. The molecule has 0 saturated heterocycles. The summed E-state index contributed by atoms with van der Waals surface area (Å²) in [6, 6.07) is 5.94. The van der Waals surface area contributed by atoms with Gasteiger partial charge in [-0.25, -0.2) is 4.79 Å². The molecule has 104 valence electrons. The number of amides is 1. The average molecular weight is 314 g/mol. The molecule has 2 aromatic rings. The Morgan fingerprint density at radius 2 is 1.80 bits per heavy atom. The molecule has 1 aromatic carbocycles. The number of nitrogens with one attached hydrogen (secondary N) is 3. The molecule has 0 unspecified atom stereocenters. The van der Waals surface area contributed by atoms with Crippen LogP contribution >= 0.6 is 23.2 Å². The van der Waals surface area contributed by atoms with Gasteiger partial charge in [0.05, 0.1) is 22.2 Å². The van der Waals surface area contributed by atoms with Crippen molar-refractivity contribution in [1.29, 1.82) is 0 Å². The van der Waals surface area contributed by atoms with Gasteiger partial charge in [0.1, 0.15) is 0 Å². The zero-order chi connectivity index (χ0) is 14.7. The summed E-state index contributed by atoms with van der Waals surface area (Å²) in [7, 11) is 0. The summed E-state index contributed by atoms with van der Waals surface area (Å²) in [6.07, 6.45) is -0.180. The van der Waals surface area contributed by atoms with Crippen LogP contribution in [0.4, 0.5) is 5.69 Å². The molecule has 0 radical (unpaired) electrons. The fraction of sp³-hybridized carbons (Fsp3) is 0.0833. The number of carbonyl (C=O) groups excluding carboxylic acids is 1. The maximum absolute atomic E-state index is 11.8. The number of carbonyl (C=O) groups is 1. The Labute approximate surface area is 122 Å². The normalized spacial score (nSPS) is 10.3. The number of aromatic amines is 2. The summed E-state index contributed by atoms with van der Waals surface area (Å²) in [5.74, 6) is -0.457. The molecule has 0 spiro atoms. The summed E-state index contributed by atoms with van der Waals surface area (Å²) in [5.41, 5.74) is -0.768. The third kappa shape index (κ3) is 3.49. The van der Waals surface area contributed by atoms with Crippen molar-refractivity contribution in [3.8, 4) is 0 Å². The van der Waals surface area contributed by atoms with Gasteiger partial charge < -0.3 is 10.3 Å². The van der Waals surface area contributed by atoms with Gasteiger partial charge in [-0.15, -0.1) is 0 Å². The second kappa shape index (κ2) is 5.94. The highest BCUT2D eigenvalue weighted by Gasteiger charge is 2.11. The van der Waals surface area contributed by atoms with Crippen LogP contribution in [0.2, 0.25) is 10.0 Å². The van der Waals surface area contributed by atoms with Gasteiger partial charge in [0.25, 0.3) is 5.56 Å². The number of hydrogen-bond acceptors (Lipinski definition) is 3. The number of rotatable bonds is 3. The van der Waals surface area contributed by atoms with E-state index in [9.17, 15) is 14.4 Å². The van der Waals surface area contributed by atoms with Crippen molar-refractivity contribution in [2.24, 2.45) is 0 Å². The molecule has 1 aromatic heterocycles. The van der Waals surface area contributed by atoms with Crippen molar-refractivity contribution in [3.05, 3.63) is 60.8 Å². The summed E-state index contributed by atoms with van der Waals surface area (Å²) >= 11 is 11.8. The zero-order valence-electron chi connectivity index (χ0n) is 10.00. The lowest BCUT2D eigenvalue weighted by atomic mass is 10.2. The number of para-hydroxylation sites is 1. The van der Waals surface area contributed by atoms with Gasteiger partial charge in [-0.2, -0.15) is 0 Å². The van der Waals surface area contributed by atoms with Gasteiger partial charge in [0, 0.05) is 11.8 Å². The predicted molar refractivity (Wildman–Crippen MR) is 76.5 cm³/mol. The van der Waals surface area contributed by atoms with E-state index in [4.69, 9.17) is 23.2 Å². The average Bonchev–Trinajstić information content (AvgIpc) is 2.32. The molecule has 20 heavy (non-hydrogen) atoms. The Hall–Kier alpha value is -2.05. The molecule has 1 amide bonds. The van der Waals surface area contributed by atoms with Crippen molar-refractivity contribution in [3.63, 3.8) is 0 Å². The number of halogens is 2. The number of hydrogen-bond donors (Lipinski definition) is 3. The first-order valence-corrected chi connectivity index (χ1v) is 6.27. The van der Waals surface area contributed by atoms with E-state index < -0.39 is 17.2 Å². The summed E-state index contributed by atoms with van der Waals surface area (Å²) in [4.78, 5) is 38.4. The topological polar surface area (TPSA) is 94.8 Å².